The lowest BCUT2D eigenvalue weighted by Crippen LogP contribution is -2.45. The van der Waals surface area contributed by atoms with E-state index in [1.165, 1.54) is 12.1 Å². The maximum atomic E-state index is 12.6. The van der Waals surface area contributed by atoms with Crippen LogP contribution in [0.5, 0.6) is 0 Å². The number of ether oxygens (including phenoxy) is 1. The van der Waals surface area contributed by atoms with E-state index < -0.39 is 37.8 Å². The second-order valence-corrected chi connectivity index (χ2v) is 9.13. The molecule has 0 unspecified atom stereocenters. The fourth-order valence-corrected chi connectivity index (χ4v) is 4.64. The molecule has 33 heavy (non-hydrogen) atoms. The number of hydrogen-bond donors (Lipinski definition) is 2. The average molecular weight is 476 g/mol. The summed E-state index contributed by atoms with van der Waals surface area (Å²) in [5.74, 6) is -2.11. The molecule has 0 aliphatic carbocycles. The van der Waals surface area contributed by atoms with Gasteiger partial charge in [0.25, 0.3) is 5.91 Å². The Morgan fingerprint density at radius 3 is 2.09 bits per heavy atom. The van der Waals surface area contributed by atoms with Gasteiger partial charge in [-0.1, -0.05) is 42.5 Å². The maximum Gasteiger partial charge on any atom is 0.335 e. The number of nitrogens with one attached hydrogen (secondary N) is 1. The van der Waals surface area contributed by atoms with Crippen LogP contribution in [0.2, 0.25) is 0 Å². The first-order valence-corrected chi connectivity index (χ1v) is 12.3. The molecular weight excluding hydrogens is 447 g/mol. The molecule has 0 aliphatic rings. The summed E-state index contributed by atoms with van der Waals surface area (Å²) in [6.45, 7) is 4.01. The van der Waals surface area contributed by atoms with Crippen molar-refractivity contribution in [1.29, 1.82) is 0 Å². The summed E-state index contributed by atoms with van der Waals surface area (Å²) in [7, 11) is -3.27. The van der Waals surface area contributed by atoms with Crippen LogP contribution in [-0.2, 0) is 40.7 Å². The summed E-state index contributed by atoms with van der Waals surface area (Å²) in [6, 6.07) is 14.1. The SMILES string of the molecule is CCOP(=O)(Cc1ccc(C(=O)N[C@@H](CC(=O)OCc2ccccc2)C(N)=O)cc1)OCC. The van der Waals surface area contributed by atoms with E-state index in [0.29, 0.717) is 5.56 Å². The predicted molar refractivity (Wildman–Crippen MR) is 122 cm³/mol. The van der Waals surface area contributed by atoms with Crippen molar-refractivity contribution < 1.29 is 32.7 Å². The van der Waals surface area contributed by atoms with Gasteiger partial charge in [0.05, 0.1) is 25.8 Å². The van der Waals surface area contributed by atoms with Gasteiger partial charge in [-0.15, -0.1) is 0 Å². The van der Waals surface area contributed by atoms with Crippen LogP contribution in [0, 0.1) is 0 Å². The maximum absolute atomic E-state index is 12.6. The van der Waals surface area contributed by atoms with Crippen LogP contribution >= 0.6 is 7.60 Å². The van der Waals surface area contributed by atoms with Gasteiger partial charge >= 0.3 is 13.6 Å². The van der Waals surface area contributed by atoms with E-state index in [1.807, 2.05) is 18.2 Å². The Morgan fingerprint density at radius 1 is 0.939 bits per heavy atom. The van der Waals surface area contributed by atoms with Gasteiger partial charge in [0.15, 0.2) is 0 Å². The largest absolute Gasteiger partial charge is 0.461 e. The Balaban J connectivity index is 1.95. The Bertz CT molecular complexity index is 970. The fourth-order valence-electron chi connectivity index (χ4n) is 2.94. The van der Waals surface area contributed by atoms with Crippen molar-refractivity contribution in [2.24, 2.45) is 5.73 Å². The van der Waals surface area contributed by atoms with Gasteiger partial charge in [-0.25, -0.2) is 0 Å². The monoisotopic (exact) mass is 476 g/mol. The number of carbonyl (C=O) groups excluding carboxylic acids is 3. The summed E-state index contributed by atoms with van der Waals surface area (Å²) in [5, 5.41) is 2.45. The Labute approximate surface area is 193 Å². The number of carbonyl (C=O) groups is 3. The van der Waals surface area contributed by atoms with Crippen LogP contribution in [0.4, 0.5) is 0 Å². The summed E-state index contributed by atoms with van der Waals surface area (Å²) in [5.41, 5.74) is 7.04. The fraction of sp³-hybridized carbons (Fsp3) is 0.348. The molecule has 2 aromatic rings. The number of nitrogens with two attached hydrogens (primary N) is 1. The molecule has 0 aliphatic heterocycles. The number of hydrogen-bond acceptors (Lipinski definition) is 7. The molecule has 2 aromatic carbocycles. The van der Waals surface area contributed by atoms with Crippen LogP contribution in [-0.4, -0.2) is 37.0 Å². The molecule has 2 rings (SSSR count). The molecule has 0 saturated heterocycles. The molecular formula is C23H29N2O7P. The van der Waals surface area contributed by atoms with Crippen molar-refractivity contribution in [3.05, 3.63) is 71.3 Å². The summed E-state index contributed by atoms with van der Waals surface area (Å²) in [6.07, 6.45) is -0.328. The molecule has 178 valence electrons. The number of rotatable bonds is 13. The second-order valence-electron chi connectivity index (χ2n) is 7.08. The third kappa shape index (κ3) is 8.81. The first kappa shape index (κ1) is 26.3. The molecule has 1 atom stereocenters. The lowest BCUT2D eigenvalue weighted by Gasteiger charge is -2.17. The highest BCUT2D eigenvalue weighted by molar-refractivity contribution is 7.53. The van der Waals surface area contributed by atoms with Crippen molar-refractivity contribution in [1.82, 2.24) is 5.32 Å². The lowest BCUT2D eigenvalue weighted by atomic mass is 10.1. The molecule has 0 aromatic heterocycles. The molecule has 0 spiro atoms. The van der Waals surface area contributed by atoms with Crippen LogP contribution in [0.1, 0.15) is 41.8 Å². The minimum absolute atomic E-state index is 0.0495. The zero-order valence-electron chi connectivity index (χ0n) is 18.7. The van der Waals surface area contributed by atoms with Gasteiger partial charge in [0.1, 0.15) is 12.6 Å². The molecule has 0 heterocycles. The normalized spacial score (nSPS) is 12.1. The van der Waals surface area contributed by atoms with Gasteiger partial charge in [-0.2, -0.15) is 0 Å². The van der Waals surface area contributed by atoms with Gasteiger partial charge < -0.3 is 24.8 Å². The van der Waals surface area contributed by atoms with Crippen molar-refractivity contribution in [3.63, 3.8) is 0 Å². The van der Waals surface area contributed by atoms with Crippen LogP contribution in [0.25, 0.3) is 0 Å². The third-order valence-corrected chi connectivity index (χ3v) is 6.56. The van der Waals surface area contributed by atoms with Crippen molar-refractivity contribution >= 4 is 25.4 Å². The van der Waals surface area contributed by atoms with E-state index >= 15 is 0 Å². The van der Waals surface area contributed by atoms with Crippen LogP contribution in [0.15, 0.2) is 54.6 Å². The molecule has 0 bridgehead atoms. The highest BCUT2D eigenvalue weighted by Gasteiger charge is 2.25. The quantitative estimate of drug-likeness (QED) is 0.335. The van der Waals surface area contributed by atoms with Crippen molar-refractivity contribution in [2.45, 2.75) is 39.1 Å². The Morgan fingerprint density at radius 2 is 1.55 bits per heavy atom. The summed E-state index contributed by atoms with van der Waals surface area (Å²) >= 11 is 0. The van der Waals surface area contributed by atoms with E-state index in [9.17, 15) is 18.9 Å². The van der Waals surface area contributed by atoms with E-state index in [0.717, 1.165) is 5.56 Å². The number of amides is 2. The molecule has 0 saturated carbocycles. The van der Waals surface area contributed by atoms with Gasteiger partial charge in [-0.05, 0) is 37.1 Å². The first-order chi connectivity index (χ1) is 15.8. The zero-order valence-corrected chi connectivity index (χ0v) is 19.6. The van der Waals surface area contributed by atoms with E-state index in [1.54, 1.807) is 38.1 Å². The Hall–Kier alpha value is -3.00. The minimum atomic E-state index is -3.27. The van der Waals surface area contributed by atoms with Crippen LogP contribution < -0.4 is 11.1 Å². The predicted octanol–water partition coefficient (Wildman–Crippen LogP) is 3.17. The standard InChI is InChI=1S/C23H29N2O7P/c1-3-31-33(29,32-4-2)16-18-10-12-19(13-11-18)23(28)25-20(22(24)27)14-21(26)30-15-17-8-6-5-7-9-17/h5-13,20H,3-4,14-16H2,1-2H3,(H2,24,27)(H,25,28)/t20-/m0/s1. The summed E-state index contributed by atoms with van der Waals surface area (Å²) in [4.78, 5) is 36.4. The lowest BCUT2D eigenvalue weighted by molar-refractivity contribution is -0.146. The molecule has 2 amide bonds. The zero-order chi connectivity index (χ0) is 24.3. The topological polar surface area (TPSA) is 134 Å². The van der Waals surface area contributed by atoms with E-state index in [2.05, 4.69) is 5.32 Å². The molecule has 0 fully saturated rings. The smallest absolute Gasteiger partial charge is 0.335 e. The summed E-state index contributed by atoms with van der Waals surface area (Å²) < 4.78 is 28.3. The van der Waals surface area contributed by atoms with E-state index in [4.69, 9.17) is 19.5 Å². The second kappa shape index (κ2) is 12.9. The van der Waals surface area contributed by atoms with Crippen molar-refractivity contribution in [2.75, 3.05) is 13.2 Å². The van der Waals surface area contributed by atoms with Gasteiger partial charge in [-0.3, -0.25) is 18.9 Å². The third-order valence-electron chi connectivity index (χ3n) is 4.51. The minimum Gasteiger partial charge on any atom is -0.461 e. The molecule has 10 heteroatoms. The van der Waals surface area contributed by atoms with Gasteiger partial charge in [0.2, 0.25) is 5.91 Å². The average Bonchev–Trinajstić information content (AvgIpc) is 2.78. The number of benzene rings is 2. The highest BCUT2D eigenvalue weighted by atomic mass is 31.2. The number of primary amides is 1. The van der Waals surface area contributed by atoms with Crippen molar-refractivity contribution in [3.8, 4) is 0 Å². The van der Waals surface area contributed by atoms with E-state index in [-0.39, 0.29) is 31.5 Å². The number of esters is 1. The highest BCUT2D eigenvalue weighted by Crippen LogP contribution is 2.51. The molecule has 3 N–H and O–H groups in total. The molecule has 9 nitrogen and oxygen atoms in total. The van der Waals surface area contributed by atoms with Gasteiger partial charge in [0, 0.05) is 5.56 Å². The van der Waals surface area contributed by atoms with Crippen LogP contribution in [0.3, 0.4) is 0 Å². The first-order valence-electron chi connectivity index (χ1n) is 10.5. The Kier molecular flexibility index (Phi) is 10.3. The molecule has 0 radical (unpaired) electrons.